The molecule has 1 aromatic carbocycles. The number of halogens is 2. The summed E-state index contributed by atoms with van der Waals surface area (Å²) in [4.78, 5) is 0. The van der Waals surface area contributed by atoms with Crippen LogP contribution in [0, 0.1) is 23.2 Å². The van der Waals surface area contributed by atoms with Gasteiger partial charge in [-0.25, -0.2) is 4.39 Å². The zero-order valence-electron chi connectivity index (χ0n) is 17.1. The van der Waals surface area contributed by atoms with Crippen LogP contribution in [-0.2, 0) is 6.42 Å². The molecule has 7 atom stereocenters. The molecular formula is C24H34ClFO2. The van der Waals surface area contributed by atoms with E-state index in [4.69, 9.17) is 11.6 Å². The van der Waals surface area contributed by atoms with Crippen molar-refractivity contribution in [1.82, 2.24) is 0 Å². The van der Waals surface area contributed by atoms with E-state index in [1.165, 1.54) is 0 Å². The highest BCUT2D eigenvalue weighted by Crippen LogP contribution is 2.66. The van der Waals surface area contributed by atoms with Gasteiger partial charge in [-0.1, -0.05) is 25.8 Å². The Labute approximate surface area is 173 Å². The van der Waals surface area contributed by atoms with Gasteiger partial charge in [0.05, 0.1) is 5.60 Å². The normalized spacial score (nSPS) is 42.0. The van der Waals surface area contributed by atoms with Crippen LogP contribution in [0.3, 0.4) is 0 Å². The Hall–Kier alpha value is -0.800. The Morgan fingerprint density at radius 1 is 1.21 bits per heavy atom. The summed E-state index contributed by atoms with van der Waals surface area (Å²) in [5.74, 6) is 1.91. The fourth-order valence-electron chi connectivity index (χ4n) is 6.96. The predicted octanol–water partition coefficient (Wildman–Crippen LogP) is 5.97. The van der Waals surface area contributed by atoms with E-state index >= 15 is 4.39 Å². The predicted molar refractivity (Wildman–Crippen MR) is 112 cm³/mol. The fourth-order valence-corrected chi connectivity index (χ4v) is 7.15. The zero-order chi connectivity index (χ0) is 20.1. The number of alkyl halides is 2. The average molecular weight is 409 g/mol. The first kappa shape index (κ1) is 20.5. The lowest BCUT2D eigenvalue weighted by molar-refractivity contribution is -0.120. The van der Waals surface area contributed by atoms with Crippen LogP contribution >= 0.6 is 11.6 Å². The summed E-state index contributed by atoms with van der Waals surface area (Å²) in [6.45, 7) is 4.05. The molecule has 4 heteroatoms. The van der Waals surface area contributed by atoms with Gasteiger partial charge >= 0.3 is 0 Å². The number of hydrogen-bond acceptors (Lipinski definition) is 2. The molecule has 3 aliphatic carbocycles. The molecule has 4 rings (SSSR count). The summed E-state index contributed by atoms with van der Waals surface area (Å²) in [5, 5.41) is 21.1. The van der Waals surface area contributed by atoms with Crippen LogP contribution in [0.25, 0.3) is 0 Å². The number of phenols is 1. The number of aliphatic hydroxyl groups is 1. The van der Waals surface area contributed by atoms with Crippen LogP contribution < -0.4 is 0 Å². The molecule has 0 saturated heterocycles. The summed E-state index contributed by atoms with van der Waals surface area (Å²) in [6, 6.07) is 5.51. The van der Waals surface area contributed by atoms with Crippen molar-refractivity contribution in [2.24, 2.45) is 23.2 Å². The molecule has 28 heavy (non-hydrogen) atoms. The Morgan fingerprint density at radius 2 is 2.00 bits per heavy atom. The molecule has 4 unspecified atom stereocenters. The van der Waals surface area contributed by atoms with E-state index in [0.717, 1.165) is 56.1 Å². The number of benzene rings is 1. The lowest BCUT2D eigenvalue weighted by atomic mass is 9.50. The number of aromatic hydroxyl groups is 1. The van der Waals surface area contributed by atoms with Crippen molar-refractivity contribution in [3.05, 3.63) is 29.3 Å². The van der Waals surface area contributed by atoms with Crippen LogP contribution in [0.1, 0.15) is 75.8 Å². The Balaban J connectivity index is 1.71. The highest BCUT2D eigenvalue weighted by molar-refractivity contribution is 6.17. The molecule has 156 valence electrons. The SMILES string of the molecule is C[C@]12C[C@H](F)C3c4ccc(O)cc4CC(CCCCCCl)C3C1CC[C@@]2(C)O. The second-order valence-electron chi connectivity index (χ2n) is 10.0. The van der Waals surface area contributed by atoms with E-state index in [0.29, 0.717) is 24.1 Å². The van der Waals surface area contributed by atoms with Gasteiger partial charge in [-0.05, 0) is 86.5 Å². The third-order valence-corrected chi connectivity index (χ3v) is 8.87. The summed E-state index contributed by atoms with van der Waals surface area (Å²) >= 11 is 5.85. The zero-order valence-corrected chi connectivity index (χ0v) is 17.9. The largest absolute Gasteiger partial charge is 0.508 e. The minimum atomic E-state index is -0.940. The first-order valence-electron chi connectivity index (χ1n) is 11.0. The molecule has 2 N–H and O–H groups in total. The van der Waals surface area contributed by atoms with Crippen LogP contribution in [0.5, 0.6) is 5.75 Å². The summed E-state index contributed by atoms with van der Waals surface area (Å²) in [5.41, 5.74) is 1.09. The molecule has 2 saturated carbocycles. The van der Waals surface area contributed by atoms with Gasteiger partial charge in [-0.3, -0.25) is 0 Å². The first-order valence-corrected chi connectivity index (χ1v) is 11.6. The van der Waals surface area contributed by atoms with Gasteiger partial charge in [-0.2, -0.15) is 0 Å². The van der Waals surface area contributed by atoms with E-state index in [9.17, 15) is 10.2 Å². The molecule has 0 aliphatic heterocycles. The summed E-state index contributed by atoms with van der Waals surface area (Å²) in [7, 11) is 0. The topological polar surface area (TPSA) is 40.5 Å². The lowest BCUT2D eigenvalue weighted by Gasteiger charge is -2.56. The van der Waals surface area contributed by atoms with Crippen molar-refractivity contribution >= 4 is 11.6 Å². The lowest BCUT2D eigenvalue weighted by Crippen LogP contribution is -2.54. The molecule has 2 fully saturated rings. The Kier molecular flexibility index (Phi) is 5.46. The van der Waals surface area contributed by atoms with Crippen molar-refractivity contribution in [2.45, 2.75) is 82.9 Å². The molecule has 3 aliphatic rings. The van der Waals surface area contributed by atoms with Crippen molar-refractivity contribution in [3.8, 4) is 5.75 Å². The van der Waals surface area contributed by atoms with Crippen LogP contribution in [0.2, 0.25) is 0 Å². The van der Waals surface area contributed by atoms with Gasteiger partial charge in [0, 0.05) is 17.2 Å². The van der Waals surface area contributed by atoms with E-state index in [2.05, 4.69) is 6.92 Å². The van der Waals surface area contributed by atoms with Gasteiger partial charge in [-0.15, -0.1) is 11.6 Å². The van der Waals surface area contributed by atoms with Gasteiger partial charge in [0.15, 0.2) is 0 Å². The Morgan fingerprint density at radius 3 is 2.75 bits per heavy atom. The molecule has 2 nitrogen and oxygen atoms in total. The van der Waals surface area contributed by atoms with E-state index in [1.54, 1.807) is 6.07 Å². The molecule has 0 amide bonds. The van der Waals surface area contributed by atoms with Crippen LogP contribution in [0.15, 0.2) is 18.2 Å². The van der Waals surface area contributed by atoms with Crippen LogP contribution in [0.4, 0.5) is 4.39 Å². The maximum absolute atomic E-state index is 15.8. The highest BCUT2D eigenvalue weighted by Gasteiger charge is 2.63. The second kappa shape index (κ2) is 7.47. The van der Waals surface area contributed by atoms with Gasteiger partial charge in [0.2, 0.25) is 0 Å². The van der Waals surface area contributed by atoms with Gasteiger partial charge < -0.3 is 10.2 Å². The summed E-state index contributed by atoms with van der Waals surface area (Å²) in [6.07, 6.45) is 6.50. The number of rotatable bonds is 5. The Bertz CT molecular complexity index is 721. The molecular weight excluding hydrogens is 375 g/mol. The third kappa shape index (κ3) is 3.17. The van der Waals surface area contributed by atoms with Crippen molar-refractivity contribution in [2.75, 3.05) is 5.88 Å². The fraction of sp³-hybridized carbons (Fsp3) is 0.750. The molecule has 1 aromatic rings. The van der Waals surface area contributed by atoms with E-state index in [1.807, 2.05) is 19.1 Å². The second-order valence-corrected chi connectivity index (χ2v) is 10.4. The molecule has 0 spiro atoms. The van der Waals surface area contributed by atoms with E-state index in [-0.39, 0.29) is 23.0 Å². The number of fused-ring (bicyclic) bond motifs is 5. The quantitative estimate of drug-likeness (QED) is 0.465. The van der Waals surface area contributed by atoms with Crippen molar-refractivity contribution in [3.63, 3.8) is 0 Å². The molecule has 0 bridgehead atoms. The van der Waals surface area contributed by atoms with E-state index < -0.39 is 11.8 Å². The van der Waals surface area contributed by atoms with Crippen LogP contribution in [-0.4, -0.2) is 27.9 Å². The van der Waals surface area contributed by atoms with Crippen molar-refractivity contribution < 1.29 is 14.6 Å². The monoisotopic (exact) mass is 408 g/mol. The molecule has 0 aromatic heterocycles. The maximum Gasteiger partial charge on any atom is 0.115 e. The summed E-state index contributed by atoms with van der Waals surface area (Å²) < 4.78 is 15.8. The highest BCUT2D eigenvalue weighted by atomic mass is 35.5. The average Bonchev–Trinajstić information content (AvgIpc) is 2.87. The third-order valence-electron chi connectivity index (χ3n) is 8.60. The standard InChI is InChI=1S/C24H34ClFO2/c1-23-14-20(26)22-18-8-7-17(27)13-16(18)12-15(6-4-3-5-11-25)21(22)19(23)9-10-24(23,2)28/h7-8,13,15,19-22,27-28H,3-6,9-12,14H2,1-2H3/t15?,19?,20-,21?,22?,23-,24+/m0/s1. The van der Waals surface area contributed by atoms with Gasteiger partial charge in [0.25, 0.3) is 0 Å². The number of unbranched alkanes of at least 4 members (excludes halogenated alkanes) is 2. The molecule has 0 heterocycles. The smallest absolute Gasteiger partial charge is 0.115 e. The maximum atomic E-state index is 15.8. The first-order chi connectivity index (χ1) is 13.3. The molecule has 0 radical (unpaired) electrons. The minimum absolute atomic E-state index is 0.102. The minimum Gasteiger partial charge on any atom is -0.508 e. The number of hydrogen-bond donors (Lipinski definition) is 2. The van der Waals surface area contributed by atoms with Gasteiger partial charge in [0.1, 0.15) is 11.9 Å². The van der Waals surface area contributed by atoms with Crippen molar-refractivity contribution in [1.29, 1.82) is 0 Å². The number of phenolic OH excluding ortho intramolecular Hbond substituents is 1.